The lowest BCUT2D eigenvalue weighted by atomic mass is 9.82. The molecule has 3 fully saturated rings. The van der Waals surface area contributed by atoms with E-state index in [1.807, 2.05) is 32.6 Å². The zero-order valence-electron chi connectivity index (χ0n) is 28.8. The van der Waals surface area contributed by atoms with Gasteiger partial charge in [0.05, 0.1) is 16.7 Å². The minimum Gasteiger partial charge on any atom is -0.461 e. The lowest BCUT2D eigenvalue weighted by Crippen LogP contribution is -2.59. The molecule has 0 aliphatic carbocycles. The maximum atomic E-state index is 15.7. The Labute approximate surface area is 319 Å². The second-order valence-electron chi connectivity index (χ2n) is 13.3. The molecule has 3 saturated heterocycles. The summed E-state index contributed by atoms with van der Waals surface area (Å²) in [5, 5.41) is 0. The van der Waals surface area contributed by atoms with Gasteiger partial charge in [-0.3, -0.25) is 0 Å². The first-order valence-corrected chi connectivity index (χ1v) is 16.3. The highest BCUT2D eigenvalue weighted by molar-refractivity contribution is 5.90. The first-order valence-electron chi connectivity index (χ1n) is 16.3. The van der Waals surface area contributed by atoms with Crippen molar-refractivity contribution in [2.75, 3.05) is 19.8 Å². The molecular weight excluding hydrogens is 842 g/mol. The monoisotopic (exact) mass is 866 g/mol. The second-order valence-corrected chi connectivity index (χ2v) is 13.3. The van der Waals surface area contributed by atoms with E-state index in [0.717, 1.165) is 36.4 Å². The topological polar surface area (TPSA) is 211 Å². The van der Waals surface area contributed by atoms with Crippen LogP contribution in [0, 0.1) is 5.41 Å². The van der Waals surface area contributed by atoms with Crippen LogP contribution < -0.4 is 32.6 Å². The van der Waals surface area contributed by atoms with Gasteiger partial charge in [-0.1, -0.05) is 36.4 Å². The maximum absolute atomic E-state index is 15.7. The molecule has 26 heteroatoms. The van der Waals surface area contributed by atoms with Crippen LogP contribution in [0.1, 0.15) is 47.8 Å². The van der Waals surface area contributed by atoms with E-state index in [4.69, 9.17) is 14.2 Å². The molecule has 0 amide bonds. The fourth-order valence-corrected chi connectivity index (χ4v) is 5.66. The Morgan fingerprint density at radius 1 is 0.407 bits per heavy atom. The van der Waals surface area contributed by atoms with Gasteiger partial charge in [-0.05, 0) is 53.1 Å². The fourth-order valence-electron chi connectivity index (χ4n) is 5.66. The van der Waals surface area contributed by atoms with Crippen LogP contribution in [-0.2, 0) is 31.2 Å². The normalized spacial score (nSPS) is 18.4. The van der Waals surface area contributed by atoms with Gasteiger partial charge in [0.1, 0.15) is 25.2 Å². The highest BCUT2D eigenvalue weighted by Gasteiger charge is 2.72. The third-order valence-corrected chi connectivity index (χ3v) is 9.52. The Morgan fingerprint density at radius 2 is 0.627 bits per heavy atom. The molecule has 3 aliphatic rings. The second kappa shape index (κ2) is 14.3. The molecule has 0 aromatic heterocycles. The summed E-state index contributed by atoms with van der Waals surface area (Å²) in [7, 11) is 0. The highest BCUT2D eigenvalue weighted by Crippen LogP contribution is 2.50. The van der Waals surface area contributed by atoms with Crippen molar-refractivity contribution in [2.45, 2.75) is 47.6 Å². The van der Waals surface area contributed by atoms with E-state index < -0.39 is 124 Å². The van der Waals surface area contributed by atoms with Gasteiger partial charge < -0.3 is 14.2 Å². The summed E-state index contributed by atoms with van der Waals surface area (Å²) >= 11 is 0. The number of alkyl halides is 14. The number of hydrogen-bond donors (Lipinski definition) is 6. The molecule has 0 bridgehead atoms. The van der Waals surface area contributed by atoms with E-state index in [1.165, 1.54) is 0 Å². The van der Waals surface area contributed by atoms with Crippen molar-refractivity contribution in [3.63, 3.8) is 0 Å². The van der Waals surface area contributed by atoms with E-state index in [0.29, 0.717) is 36.4 Å². The number of hydrogen-bond acceptors (Lipinski definition) is 12. The quantitative estimate of drug-likeness (QED) is 0.0566. The molecule has 3 heterocycles. The molecule has 3 aromatic carbocycles. The van der Waals surface area contributed by atoms with E-state index in [2.05, 4.69) is 0 Å². The Balaban J connectivity index is 1.27. The SMILES string of the molecule is O=C(OCC(COC(=O)c1ccc(C2(C(F)(F)F)NN2)cc1)(COC(=O)c1ccc(C2(C(F)(F)F)NN2)cc1)C(F)(F)C(F)(F)F)c1ccc(C2(C(F)(F)F)NN2)cc1. The zero-order valence-corrected chi connectivity index (χ0v) is 28.8. The van der Waals surface area contributed by atoms with Gasteiger partial charge in [-0.25, -0.2) is 46.9 Å². The molecule has 320 valence electrons. The predicted octanol–water partition coefficient (Wildman–Crippen LogP) is 5.21. The van der Waals surface area contributed by atoms with Crippen molar-refractivity contribution in [3.8, 4) is 0 Å². The highest BCUT2D eigenvalue weighted by atomic mass is 19.4. The van der Waals surface area contributed by atoms with Crippen molar-refractivity contribution in [1.29, 1.82) is 0 Å². The zero-order chi connectivity index (χ0) is 43.7. The van der Waals surface area contributed by atoms with Crippen LogP contribution in [0.3, 0.4) is 0 Å². The molecule has 59 heavy (non-hydrogen) atoms. The number of carbonyl (C=O) groups is 3. The van der Waals surface area contributed by atoms with Gasteiger partial charge in [0.15, 0.2) is 0 Å². The Morgan fingerprint density at radius 3 is 0.797 bits per heavy atom. The molecule has 0 saturated carbocycles. The van der Waals surface area contributed by atoms with E-state index in [-0.39, 0.29) is 0 Å². The van der Waals surface area contributed by atoms with Crippen molar-refractivity contribution in [1.82, 2.24) is 32.6 Å². The number of benzene rings is 3. The number of carbonyl (C=O) groups excluding carboxylic acids is 3. The Hall–Kier alpha value is -5.15. The number of rotatable bonds is 13. The lowest BCUT2D eigenvalue weighted by Gasteiger charge is -2.39. The van der Waals surface area contributed by atoms with Crippen LogP contribution in [0.2, 0.25) is 0 Å². The smallest absolute Gasteiger partial charge is 0.454 e. The van der Waals surface area contributed by atoms with Crippen LogP contribution >= 0.6 is 0 Å². The number of nitrogens with one attached hydrogen (secondary N) is 6. The maximum Gasteiger partial charge on any atom is 0.454 e. The predicted molar refractivity (Wildman–Crippen MR) is 166 cm³/mol. The van der Waals surface area contributed by atoms with E-state index in [9.17, 15) is 67.1 Å². The van der Waals surface area contributed by atoms with Crippen molar-refractivity contribution in [3.05, 3.63) is 106 Å². The molecule has 0 unspecified atom stereocenters. The fraction of sp³-hybridized carbons (Fsp3) is 0.364. The number of esters is 3. The van der Waals surface area contributed by atoms with Gasteiger partial charge in [-0.15, -0.1) is 0 Å². The van der Waals surface area contributed by atoms with Crippen molar-refractivity contribution < 1.29 is 90.1 Å². The summed E-state index contributed by atoms with van der Waals surface area (Å²) in [5.41, 5.74) is -4.58. The average Bonchev–Trinajstić information content (AvgIpc) is 4.01. The molecular formula is C33H24F14N6O6. The van der Waals surface area contributed by atoms with Gasteiger partial charge in [-0.2, -0.15) is 61.5 Å². The van der Waals surface area contributed by atoms with E-state index >= 15 is 8.78 Å². The molecule has 12 nitrogen and oxygen atoms in total. The summed E-state index contributed by atoms with van der Waals surface area (Å²) in [6.07, 6.45) is -21.3. The van der Waals surface area contributed by atoms with Crippen molar-refractivity contribution >= 4 is 17.9 Å². The minimum absolute atomic E-state index is 0.504. The van der Waals surface area contributed by atoms with Crippen LogP contribution in [-0.4, -0.2) is 68.4 Å². The molecule has 0 atom stereocenters. The number of hydrazine groups is 3. The minimum atomic E-state index is -6.59. The third kappa shape index (κ3) is 7.74. The molecule has 3 aliphatic heterocycles. The molecule has 3 aromatic rings. The first-order chi connectivity index (χ1) is 27.2. The number of halogens is 14. The van der Waals surface area contributed by atoms with Gasteiger partial charge in [0, 0.05) is 0 Å². The lowest BCUT2D eigenvalue weighted by molar-refractivity contribution is -0.340. The third-order valence-electron chi connectivity index (χ3n) is 9.52. The largest absolute Gasteiger partial charge is 0.461 e. The van der Waals surface area contributed by atoms with Gasteiger partial charge in [0.25, 0.3) is 0 Å². The summed E-state index contributed by atoms with van der Waals surface area (Å²) in [4.78, 5) is 38.8. The Kier molecular flexibility index (Phi) is 10.5. The summed E-state index contributed by atoms with van der Waals surface area (Å²) in [6, 6.07) is 8.68. The standard InChI is InChI=1S/C33H24F14N6O6/c34-29(35,33(45,46)47)25(13-57-22(54)16-1-7-19(8-2-16)26(48-49-26)30(36,37)38,14-58-23(55)17-3-9-20(10-4-17)27(50-51-27)31(39,40)41)15-59-24(56)18-5-11-21(12-6-18)28(52-53-28)32(42,43)44/h1-12,48-53H,13-15H2. The summed E-state index contributed by atoms with van der Waals surface area (Å²) in [6.45, 7) is -6.28. The molecule has 6 rings (SSSR count). The van der Waals surface area contributed by atoms with Gasteiger partial charge in [0.2, 0.25) is 17.0 Å². The first kappa shape index (κ1) is 43.4. The van der Waals surface area contributed by atoms with Crippen molar-refractivity contribution in [2.24, 2.45) is 5.41 Å². The van der Waals surface area contributed by atoms with E-state index in [1.54, 1.807) is 0 Å². The van der Waals surface area contributed by atoms with Crippen LogP contribution in [0.25, 0.3) is 0 Å². The Bertz CT molecular complexity index is 1860. The molecule has 0 spiro atoms. The van der Waals surface area contributed by atoms with Crippen LogP contribution in [0.15, 0.2) is 72.8 Å². The summed E-state index contributed by atoms with van der Waals surface area (Å²) in [5.74, 6) is -11.2. The van der Waals surface area contributed by atoms with Gasteiger partial charge >= 0.3 is 48.5 Å². The van der Waals surface area contributed by atoms with Crippen LogP contribution in [0.4, 0.5) is 61.5 Å². The molecule has 6 N–H and O–H groups in total. The summed E-state index contributed by atoms with van der Waals surface area (Å²) < 4.78 is 209. The van der Waals surface area contributed by atoms with Crippen LogP contribution in [0.5, 0.6) is 0 Å². The molecule has 0 radical (unpaired) electrons. The average molecular weight is 867 g/mol. The number of ether oxygens (including phenoxy) is 3.